The molecule has 5 heteroatoms. The maximum absolute atomic E-state index is 11.9. The van der Waals surface area contributed by atoms with E-state index < -0.39 is 0 Å². The predicted molar refractivity (Wildman–Crippen MR) is 75.3 cm³/mol. The van der Waals surface area contributed by atoms with E-state index in [1.54, 1.807) is 24.3 Å². The molecule has 1 amide bonds. The highest BCUT2D eigenvalue weighted by Crippen LogP contribution is 2.05. The number of halogens is 1. The Morgan fingerprint density at radius 1 is 1.21 bits per heavy atom. The fourth-order valence-corrected chi connectivity index (χ4v) is 1.72. The zero-order chi connectivity index (χ0) is 13.6. The molecule has 0 spiro atoms. The summed E-state index contributed by atoms with van der Waals surface area (Å²) in [5, 5.41) is 2.95. The van der Waals surface area contributed by atoms with Crippen molar-refractivity contribution in [2.75, 3.05) is 39.0 Å². The number of nitrogens with zero attached hydrogens (tertiary/aromatic N) is 1. The predicted octanol–water partition coefficient (Wildman–Crippen LogP) is -1.51. The lowest BCUT2D eigenvalue weighted by Gasteiger charge is -2.32. The molecule has 0 atom stereocenters. The first-order chi connectivity index (χ1) is 8.50. The summed E-state index contributed by atoms with van der Waals surface area (Å²) in [6, 6.07) is 6.98. The molecule has 19 heavy (non-hydrogen) atoms. The summed E-state index contributed by atoms with van der Waals surface area (Å²) < 4.78 is 0.974. The van der Waals surface area contributed by atoms with Crippen LogP contribution >= 0.6 is 0 Å². The molecule has 0 saturated heterocycles. The molecular weight excluding hydrogens is 306 g/mol. The summed E-state index contributed by atoms with van der Waals surface area (Å²) >= 11 is 0. The fraction of sp³-hybridized carbons (Fsp3) is 0.500. The Morgan fingerprint density at radius 3 is 2.21 bits per heavy atom. The number of hydrogen-bond acceptors (Lipinski definition) is 2. The normalized spacial score (nSPS) is 10.7. The fourth-order valence-electron chi connectivity index (χ4n) is 1.72. The number of nitrogen functional groups attached to an aromatic ring is 1. The number of amides is 1. The van der Waals surface area contributed by atoms with Gasteiger partial charge in [-0.15, -0.1) is 0 Å². The molecule has 1 rings (SSSR count). The van der Waals surface area contributed by atoms with Crippen LogP contribution in [0.1, 0.15) is 24.2 Å². The van der Waals surface area contributed by atoms with Crippen LogP contribution in [0, 0.1) is 0 Å². The Hall–Kier alpha value is -1.07. The van der Waals surface area contributed by atoms with Gasteiger partial charge < -0.3 is 32.5 Å². The van der Waals surface area contributed by atoms with Crippen molar-refractivity contribution in [1.82, 2.24) is 5.32 Å². The molecule has 0 unspecified atom stereocenters. The van der Waals surface area contributed by atoms with E-state index in [-0.39, 0.29) is 22.9 Å². The van der Waals surface area contributed by atoms with E-state index in [1.165, 1.54) is 0 Å². The van der Waals surface area contributed by atoms with Gasteiger partial charge in [-0.1, -0.05) is 0 Å². The van der Waals surface area contributed by atoms with E-state index >= 15 is 0 Å². The van der Waals surface area contributed by atoms with Gasteiger partial charge in [-0.05, 0) is 38.1 Å². The lowest BCUT2D eigenvalue weighted by atomic mass is 10.2. The molecule has 0 aliphatic rings. The lowest BCUT2D eigenvalue weighted by Crippen LogP contribution is -3.00. The van der Waals surface area contributed by atoms with Gasteiger partial charge in [-0.3, -0.25) is 4.79 Å². The number of nitrogens with two attached hydrogens (primary N) is 1. The summed E-state index contributed by atoms with van der Waals surface area (Å²) in [6.45, 7) is 8.15. The second kappa shape index (κ2) is 8.17. The van der Waals surface area contributed by atoms with Crippen LogP contribution < -0.4 is 28.0 Å². The smallest absolute Gasteiger partial charge is 0.251 e. The van der Waals surface area contributed by atoms with Crippen LogP contribution in [-0.2, 0) is 0 Å². The number of nitrogens with one attached hydrogen (secondary N) is 1. The van der Waals surface area contributed by atoms with Crippen LogP contribution in [0.2, 0.25) is 0 Å². The average molecular weight is 330 g/mol. The summed E-state index contributed by atoms with van der Waals surface area (Å²) in [4.78, 5) is 11.9. The Kier molecular flexibility index (Phi) is 7.71. The Morgan fingerprint density at radius 2 is 1.74 bits per heavy atom. The van der Waals surface area contributed by atoms with Gasteiger partial charge in [0.05, 0.1) is 33.2 Å². The Bertz CT molecular complexity index is 388. The van der Waals surface area contributed by atoms with Crippen LogP contribution in [0.4, 0.5) is 5.69 Å². The first-order valence-corrected chi connectivity index (χ1v) is 6.48. The minimum absolute atomic E-state index is 0. The van der Waals surface area contributed by atoms with Gasteiger partial charge in [0.2, 0.25) is 0 Å². The molecule has 0 heterocycles. The molecule has 4 nitrogen and oxygen atoms in total. The van der Waals surface area contributed by atoms with Crippen molar-refractivity contribution < 1.29 is 26.3 Å². The van der Waals surface area contributed by atoms with Crippen molar-refractivity contribution in [3.63, 3.8) is 0 Å². The number of benzene rings is 1. The molecule has 0 bridgehead atoms. The summed E-state index contributed by atoms with van der Waals surface area (Å²) in [5.74, 6) is -0.0336. The first kappa shape index (κ1) is 17.9. The molecule has 3 N–H and O–H groups in total. The van der Waals surface area contributed by atoms with Crippen molar-refractivity contribution in [2.24, 2.45) is 0 Å². The Labute approximate surface area is 126 Å². The van der Waals surface area contributed by atoms with E-state index in [0.29, 0.717) is 17.8 Å². The number of carbonyl (C=O) groups excluding carboxylic acids is 1. The SMILES string of the molecule is CC[N+](C)(CC)CCNC(=O)c1ccc(N)cc1.[Br-]. The lowest BCUT2D eigenvalue weighted by molar-refractivity contribution is -0.904. The number of anilines is 1. The summed E-state index contributed by atoms with van der Waals surface area (Å²) in [7, 11) is 2.20. The summed E-state index contributed by atoms with van der Waals surface area (Å²) in [6.07, 6.45) is 0. The van der Waals surface area contributed by atoms with Crippen LogP contribution in [0.3, 0.4) is 0 Å². The molecule has 108 valence electrons. The van der Waals surface area contributed by atoms with Gasteiger partial charge in [0.15, 0.2) is 0 Å². The molecule has 1 aromatic carbocycles. The van der Waals surface area contributed by atoms with Crippen LogP contribution in [0.5, 0.6) is 0 Å². The minimum atomic E-state index is -0.0336. The van der Waals surface area contributed by atoms with Crippen molar-refractivity contribution in [3.8, 4) is 0 Å². The maximum atomic E-state index is 11.9. The number of quaternary nitrogens is 1. The maximum Gasteiger partial charge on any atom is 0.251 e. The number of hydrogen-bond donors (Lipinski definition) is 2. The highest BCUT2D eigenvalue weighted by Gasteiger charge is 2.16. The van der Waals surface area contributed by atoms with Gasteiger partial charge in [0.25, 0.3) is 5.91 Å². The van der Waals surface area contributed by atoms with Gasteiger partial charge in [0.1, 0.15) is 0 Å². The van der Waals surface area contributed by atoms with E-state index in [2.05, 4.69) is 26.2 Å². The number of likely N-dealkylation sites (N-methyl/N-ethyl adjacent to an activating group) is 1. The molecule has 0 aromatic heterocycles. The van der Waals surface area contributed by atoms with Crippen molar-refractivity contribution >= 4 is 11.6 Å². The van der Waals surface area contributed by atoms with E-state index in [0.717, 1.165) is 24.1 Å². The zero-order valence-corrected chi connectivity index (χ0v) is 13.5. The van der Waals surface area contributed by atoms with Gasteiger partial charge in [-0.25, -0.2) is 0 Å². The van der Waals surface area contributed by atoms with E-state index in [1.807, 2.05) is 0 Å². The van der Waals surface area contributed by atoms with Gasteiger partial charge in [-0.2, -0.15) is 0 Å². The molecule has 0 fully saturated rings. The zero-order valence-electron chi connectivity index (χ0n) is 11.9. The quantitative estimate of drug-likeness (QED) is 0.492. The Balaban J connectivity index is 0.00000324. The van der Waals surface area contributed by atoms with Crippen LogP contribution in [-0.4, -0.2) is 43.6 Å². The largest absolute Gasteiger partial charge is 1.00 e. The highest BCUT2D eigenvalue weighted by molar-refractivity contribution is 5.94. The van der Waals surface area contributed by atoms with Crippen LogP contribution in [0.15, 0.2) is 24.3 Å². The van der Waals surface area contributed by atoms with Crippen molar-refractivity contribution in [1.29, 1.82) is 0 Å². The average Bonchev–Trinajstić information content (AvgIpc) is 2.39. The molecule has 0 radical (unpaired) electrons. The molecule has 0 aliphatic carbocycles. The molecule has 0 saturated carbocycles. The van der Waals surface area contributed by atoms with E-state index in [4.69, 9.17) is 5.73 Å². The third-order valence-electron chi connectivity index (χ3n) is 3.64. The highest BCUT2D eigenvalue weighted by atomic mass is 79.9. The first-order valence-electron chi connectivity index (χ1n) is 6.48. The van der Waals surface area contributed by atoms with Crippen LogP contribution in [0.25, 0.3) is 0 Å². The second-order valence-corrected chi connectivity index (χ2v) is 4.85. The second-order valence-electron chi connectivity index (χ2n) is 4.85. The molecule has 0 aliphatic heterocycles. The molecule has 1 aromatic rings. The van der Waals surface area contributed by atoms with Gasteiger partial charge >= 0.3 is 0 Å². The van der Waals surface area contributed by atoms with Gasteiger partial charge in [0, 0.05) is 11.3 Å². The summed E-state index contributed by atoms with van der Waals surface area (Å²) in [5.41, 5.74) is 6.92. The number of carbonyl (C=O) groups is 1. The minimum Gasteiger partial charge on any atom is -1.00 e. The topological polar surface area (TPSA) is 55.1 Å². The monoisotopic (exact) mass is 329 g/mol. The third kappa shape index (κ3) is 5.61. The van der Waals surface area contributed by atoms with Crippen molar-refractivity contribution in [2.45, 2.75) is 13.8 Å². The van der Waals surface area contributed by atoms with Crippen molar-refractivity contribution in [3.05, 3.63) is 29.8 Å². The standard InChI is InChI=1S/C14H23N3O.BrH/c1-4-17(3,5-2)11-10-16-14(18)12-6-8-13(15)9-7-12;/h6-9H,4-5,10-11H2,1-3H3,(H2-,15,16,18);1H. The molecular formula is C14H24BrN3O. The number of rotatable bonds is 6. The third-order valence-corrected chi connectivity index (χ3v) is 3.64. The van der Waals surface area contributed by atoms with E-state index in [9.17, 15) is 4.79 Å².